The van der Waals surface area contributed by atoms with Gasteiger partial charge in [0.15, 0.2) is 11.2 Å². The predicted octanol–water partition coefficient (Wildman–Crippen LogP) is 6.50. The third-order valence-corrected chi connectivity index (χ3v) is 13.1. The highest BCUT2D eigenvalue weighted by atomic mass is 35.5. The minimum atomic E-state index is -4.16. The van der Waals surface area contributed by atoms with Gasteiger partial charge in [-0.2, -0.15) is 15.0 Å². The number of rotatable bonds is 15. The number of hydrogen-bond donors (Lipinski definition) is 2. The minimum absolute atomic E-state index is 0.0169. The molecule has 1 aromatic carbocycles. The van der Waals surface area contributed by atoms with Crippen LogP contribution < -0.4 is 15.7 Å². The number of ether oxygens (including phenoxy) is 4. The summed E-state index contributed by atoms with van der Waals surface area (Å²) in [6.45, 7) is 5.49. The van der Waals surface area contributed by atoms with Crippen LogP contribution in [0.15, 0.2) is 35.5 Å². The van der Waals surface area contributed by atoms with Crippen LogP contribution in [-0.4, -0.2) is 83.0 Å². The molecule has 0 bridgehead atoms. The summed E-state index contributed by atoms with van der Waals surface area (Å²) in [6.07, 6.45) is -1.39. The summed E-state index contributed by atoms with van der Waals surface area (Å²) < 4.78 is 52.9. The molecular formula is C35H42Cl2N7O11PS. The van der Waals surface area contributed by atoms with Crippen molar-refractivity contribution in [3.8, 4) is 11.6 Å². The Hall–Kier alpha value is -3.65. The third kappa shape index (κ3) is 10.1. The summed E-state index contributed by atoms with van der Waals surface area (Å²) in [6, 6.07) is 4.68. The Balaban J connectivity index is 1.24. The van der Waals surface area contributed by atoms with Crippen molar-refractivity contribution < 1.29 is 47.3 Å². The van der Waals surface area contributed by atoms with Gasteiger partial charge in [-0.05, 0) is 38.0 Å². The van der Waals surface area contributed by atoms with Gasteiger partial charge < -0.3 is 24.1 Å². The molecule has 2 fully saturated rings. The van der Waals surface area contributed by atoms with Crippen LogP contribution in [0, 0.1) is 19.8 Å². The number of amides is 1. The second kappa shape index (κ2) is 18.1. The molecule has 4 aromatic rings. The largest absolute Gasteiger partial charge is 0.454 e. The highest BCUT2D eigenvalue weighted by Gasteiger charge is 2.44. The highest BCUT2D eigenvalue weighted by Crippen LogP contribution is 2.63. The van der Waals surface area contributed by atoms with Crippen molar-refractivity contribution in [3.63, 3.8) is 0 Å². The number of imidazole rings is 1. The summed E-state index contributed by atoms with van der Waals surface area (Å²) in [7, 11) is 0. The zero-order valence-electron chi connectivity index (χ0n) is 31.8. The van der Waals surface area contributed by atoms with Crippen LogP contribution in [0.4, 0.5) is 5.95 Å². The van der Waals surface area contributed by atoms with Gasteiger partial charge >= 0.3 is 18.5 Å². The minimum Gasteiger partial charge on any atom is -0.454 e. The van der Waals surface area contributed by atoms with Gasteiger partial charge in [-0.3, -0.25) is 33.1 Å². The molecule has 0 spiro atoms. The summed E-state index contributed by atoms with van der Waals surface area (Å²) in [5.74, 6) is -1.57. The van der Waals surface area contributed by atoms with Crippen LogP contribution in [0.2, 0.25) is 10.0 Å². The number of aliphatic hydroxyl groups is 1. The Bertz CT molecular complexity index is 2240. The average Bonchev–Trinajstić information content (AvgIpc) is 3.86. The Morgan fingerprint density at radius 3 is 2.56 bits per heavy atom. The lowest BCUT2D eigenvalue weighted by Gasteiger charge is -2.25. The summed E-state index contributed by atoms with van der Waals surface area (Å²) in [4.78, 5) is 54.4. The summed E-state index contributed by atoms with van der Waals surface area (Å²) >= 11 is 13.2. The number of benzene rings is 1. The SMILES string of the molecule is CC[C@H]1O[C@@H](n2cnc3c(Oc4cc(Cl)ccc4Cl)nc(NC(=O)C(C)C)nc32)C[C@H]1OP(=O)(OC[C@H]1O[C@@H](n2cc(C)c(C)nc2=O)C[C@H]1O)SCOC(C)=O. The molecule has 2 aliphatic heterocycles. The first-order valence-electron chi connectivity index (χ1n) is 18.0. The number of carbonyl (C=O) groups is 2. The van der Waals surface area contributed by atoms with Crippen molar-refractivity contribution in [1.29, 1.82) is 0 Å². The van der Waals surface area contributed by atoms with Gasteiger partial charge in [0.2, 0.25) is 11.9 Å². The first-order valence-corrected chi connectivity index (χ1v) is 21.9. The molecule has 7 atom stereocenters. The normalized spacial score (nSPS) is 23.2. The maximum atomic E-state index is 14.4. The van der Waals surface area contributed by atoms with E-state index in [1.54, 1.807) is 50.6 Å². The first-order chi connectivity index (χ1) is 27.0. The Morgan fingerprint density at radius 1 is 1.11 bits per heavy atom. The molecule has 2 N–H and O–H groups in total. The maximum Gasteiger partial charge on any atom is 0.392 e. The van der Waals surface area contributed by atoms with E-state index in [1.807, 2.05) is 6.92 Å². The molecule has 22 heteroatoms. The zero-order chi connectivity index (χ0) is 41.2. The number of hydrogen-bond acceptors (Lipinski definition) is 16. The van der Waals surface area contributed by atoms with E-state index >= 15 is 0 Å². The van der Waals surface area contributed by atoms with Crippen molar-refractivity contribution >= 4 is 70.4 Å². The number of aromatic nitrogens is 6. The zero-order valence-corrected chi connectivity index (χ0v) is 35.0. The lowest BCUT2D eigenvalue weighted by atomic mass is 10.1. The molecule has 2 aliphatic rings. The van der Waals surface area contributed by atoms with Gasteiger partial charge in [0.05, 0.1) is 36.3 Å². The van der Waals surface area contributed by atoms with Gasteiger partial charge in [-0.25, -0.2) is 14.3 Å². The van der Waals surface area contributed by atoms with Crippen molar-refractivity contribution in [1.82, 2.24) is 29.1 Å². The van der Waals surface area contributed by atoms with Gasteiger partial charge in [0.1, 0.15) is 30.2 Å². The fourth-order valence-electron chi connectivity index (χ4n) is 5.98. The molecule has 0 aliphatic carbocycles. The van der Waals surface area contributed by atoms with E-state index in [2.05, 4.69) is 25.3 Å². The number of carbonyl (C=O) groups excluding carboxylic acids is 2. The molecule has 1 unspecified atom stereocenters. The number of aryl methyl sites for hydroxylation is 2. The number of aliphatic hydroxyl groups excluding tert-OH is 1. The summed E-state index contributed by atoms with van der Waals surface area (Å²) in [5, 5.41) is 14.2. The molecule has 2 saturated heterocycles. The van der Waals surface area contributed by atoms with E-state index in [0.29, 0.717) is 28.5 Å². The molecule has 6 rings (SSSR count). The number of nitrogens with zero attached hydrogens (tertiary/aromatic N) is 6. The van der Waals surface area contributed by atoms with E-state index in [9.17, 15) is 24.1 Å². The second-order valence-corrected chi connectivity index (χ2v) is 18.5. The number of anilines is 1. The van der Waals surface area contributed by atoms with Crippen LogP contribution in [-0.2, 0) is 37.4 Å². The standard InChI is InChI=1S/C35H42Cl2N7O11PS/c1-7-24-26(55-56(49,57-16-50-20(6)45)51-14-27-23(46)11-28(53-27)43-13-18(4)19(5)39-35(43)48)12-29(52-24)44-15-38-30-31(44)40-34(41-32(47)17(2)3)42-33(30)54-25-10-21(36)8-9-22(25)37/h8-10,13,15,17,23-24,26-29,46H,7,11-12,14,16H2,1-6H3,(H,40,41,42,47)/t23-,24-,26-,27-,28-,29-,56?/m1/s1. The van der Waals surface area contributed by atoms with Gasteiger partial charge in [0.25, 0.3) is 5.88 Å². The number of halogens is 2. The number of nitrogens with one attached hydrogen (secondary N) is 1. The monoisotopic (exact) mass is 869 g/mol. The van der Waals surface area contributed by atoms with Gasteiger partial charge in [0, 0.05) is 60.0 Å². The van der Waals surface area contributed by atoms with E-state index in [-0.39, 0.29) is 71.0 Å². The maximum absolute atomic E-state index is 14.4. The molecule has 5 heterocycles. The Morgan fingerprint density at radius 2 is 1.84 bits per heavy atom. The van der Waals surface area contributed by atoms with Gasteiger partial charge in [-0.1, -0.05) is 44.0 Å². The summed E-state index contributed by atoms with van der Waals surface area (Å²) in [5.41, 5.74) is 1.26. The molecule has 0 radical (unpaired) electrons. The molecule has 18 nitrogen and oxygen atoms in total. The van der Waals surface area contributed by atoms with E-state index in [4.69, 9.17) is 51.2 Å². The molecule has 1 amide bonds. The highest BCUT2D eigenvalue weighted by molar-refractivity contribution is 8.55. The lowest BCUT2D eigenvalue weighted by Crippen LogP contribution is -2.29. The van der Waals surface area contributed by atoms with Crippen LogP contribution >= 0.6 is 41.4 Å². The van der Waals surface area contributed by atoms with Crippen LogP contribution in [0.5, 0.6) is 11.6 Å². The number of fused-ring (bicyclic) bond motifs is 1. The third-order valence-electron chi connectivity index (χ3n) is 9.18. The second-order valence-electron chi connectivity index (χ2n) is 13.7. The smallest absolute Gasteiger partial charge is 0.392 e. The molecule has 3 aromatic heterocycles. The van der Waals surface area contributed by atoms with Crippen LogP contribution in [0.25, 0.3) is 11.2 Å². The molecule has 308 valence electrons. The van der Waals surface area contributed by atoms with Crippen molar-refractivity contribution in [2.24, 2.45) is 5.92 Å². The quantitative estimate of drug-likeness (QED) is 0.0740. The lowest BCUT2D eigenvalue weighted by molar-refractivity contribution is -0.138. The fourth-order valence-corrected chi connectivity index (χ4v) is 9.19. The predicted molar refractivity (Wildman–Crippen MR) is 209 cm³/mol. The first kappa shape index (κ1) is 42.9. The van der Waals surface area contributed by atoms with Crippen molar-refractivity contribution in [2.75, 3.05) is 17.9 Å². The van der Waals surface area contributed by atoms with Gasteiger partial charge in [-0.15, -0.1) is 0 Å². The van der Waals surface area contributed by atoms with E-state index < -0.39 is 55.3 Å². The van der Waals surface area contributed by atoms with Crippen LogP contribution in [0.1, 0.15) is 70.7 Å². The van der Waals surface area contributed by atoms with E-state index in [0.717, 1.165) is 5.56 Å². The molecule has 57 heavy (non-hydrogen) atoms. The van der Waals surface area contributed by atoms with E-state index in [1.165, 1.54) is 23.9 Å². The average molecular weight is 871 g/mol. The Labute approximate surface area is 341 Å². The van der Waals surface area contributed by atoms with Crippen molar-refractivity contribution in [3.05, 3.63) is 62.5 Å². The van der Waals surface area contributed by atoms with Crippen LogP contribution in [0.3, 0.4) is 0 Å². The molecule has 0 saturated carbocycles. The topological polar surface area (TPSA) is 217 Å². The number of esters is 1. The van der Waals surface area contributed by atoms with Crippen molar-refractivity contribution in [2.45, 2.75) is 97.7 Å². The molecular weight excluding hydrogens is 828 g/mol. The fraction of sp³-hybridized carbons (Fsp3) is 0.514. The Kier molecular flexibility index (Phi) is 13.6.